The molecule has 1 N–H and O–H groups in total. The highest BCUT2D eigenvalue weighted by molar-refractivity contribution is 5.79. The Labute approximate surface area is 160 Å². The molecule has 0 aromatic carbocycles. The molecule has 6 nitrogen and oxygen atoms in total. The molecule has 2 saturated heterocycles. The molecule has 0 saturated carbocycles. The molecule has 0 aromatic heterocycles. The number of piperazine rings is 1. The first-order valence-corrected chi connectivity index (χ1v) is 10.7. The topological polar surface area (TPSA) is 43.3 Å². The van der Waals surface area contributed by atoms with Crippen molar-refractivity contribution in [2.24, 2.45) is 10.9 Å². The van der Waals surface area contributed by atoms with Gasteiger partial charge in [0, 0.05) is 66.6 Å². The average molecular weight is 368 g/mol. The van der Waals surface area contributed by atoms with Crippen LogP contribution < -0.4 is 5.32 Å². The van der Waals surface area contributed by atoms with Crippen molar-refractivity contribution in [3.05, 3.63) is 0 Å². The molecule has 2 aliphatic heterocycles. The Morgan fingerprint density at radius 1 is 1.12 bits per heavy atom. The molecule has 2 aliphatic rings. The van der Waals surface area contributed by atoms with Gasteiger partial charge in [0.2, 0.25) is 0 Å². The first-order chi connectivity index (χ1) is 12.7. The summed E-state index contributed by atoms with van der Waals surface area (Å²) in [5.74, 6) is 1.85. The van der Waals surface area contributed by atoms with Crippen molar-refractivity contribution >= 4 is 5.96 Å². The van der Waals surface area contributed by atoms with E-state index in [0.717, 1.165) is 38.2 Å². The molecule has 0 amide bonds. The van der Waals surface area contributed by atoms with Gasteiger partial charge in [0.15, 0.2) is 5.96 Å². The van der Waals surface area contributed by atoms with Crippen LogP contribution in [0.4, 0.5) is 0 Å². The normalized spacial score (nSPS) is 21.1. The number of hydrogen-bond acceptors (Lipinski definition) is 4. The molecule has 0 radical (unpaired) electrons. The maximum atomic E-state index is 5.45. The van der Waals surface area contributed by atoms with Crippen LogP contribution in [0.2, 0.25) is 0 Å². The maximum absolute atomic E-state index is 5.45. The third-order valence-electron chi connectivity index (χ3n) is 5.88. The molecule has 2 rings (SSSR count). The van der Waals surface area contributed by atoms with Crippen LogP contribution in [0.5, 0.6) is 0 Å². The van der Waals surface area contributed by atoms with Gasteiger partial charge >= 0.3 is 0 Å². The minimum atomic E-state index is 0.817. The lowest BCUT2D eigenvalue weighted by atomic mass is 9.96. The molecule has 26 heavy (non-hydrogen) atoms. The zero-order chi connectivity index (χ0) is 18.6. The van der Waals surface area contributed by atoms with E-state index in [1.54, 1.807) is 0 Å². The Morgan fingerprint density at radius 3 is 2.46 bits per heavy atom. The van der Waals surface area contributed by atoms with Crippen LogP contribution in [0.1, 0.15) is 39.0 Å². The zero-order valence-electron chi connectivity index (χ0n) is 17.4. The lowest BCUT2D eigenvalue weighted by molar-refractivity contribution is 0.0625. The third kappa shape index (κ3) is 7.80. The average Bonchev–Trinajstić information content (AvgIpc) is 2.70. The summed E-state index contributed by atoms with van der Waals surface area (Å²) in [6.45, 7) is 13.6. The fourth-order valence-electron chi connectivity index (χ4n) is 3.89. The first kappa shape index (κ1) is 21.5. The van der Waals surface area contributed by atoms with E-state index in [2.05, 4.69) is 39.0 Å². The Kier molecular flexibility index (Phi) is 10.3. The number of nitrogens with one attached hydrogen (secondary N) is 1. The molecule has 0 unspecified atom stereocenters. The number of rotatable bonds is 9. The lowest BCUT2D eigenvalue weighted by Crippen LogP contribution is -2.46. The lowest BCUT2D eigenvalue weighted by Gasteiger charge is -2.34. The molecular weight excluding hydrogens is 326 g/mol. The summed E-state index contributed by atoms with van der Waals surface area (Å²) in [7, 11) is 4.04. The summed E-state index contributed by atoms with van der Waals surface area (Å²) in [6, 6.07) is 0. The smallest absolute Gasteiger partial charge is 0.193 e. The van der Waals surface area contributed by atoms with Crippen molar-refractivity contribution in [1.82, 2.24) is 20.0 Å². The molecule has 152 valence electrons. The second kappa shape index (κ2) is 12.5. The highest BCUT2D eigenvalue weighted by Gasteiger charge is 2.16. The largest absolute Gasteiger partial charge is 0.381 e. The monoisotopic (exact) mass is 367 g/mol. The SMILES string of the molecule is CCN1CCN(CCCCNC(=NC)N(C)CCC2CCOCC2)CC1. The molecular formula is C20H41N5O. The van der Waals surface area contributed by atoms with Gasteiger partial charge in [0.05, 0.1) is 0 Å². The molecule has 0 aromatic rings. The number of ether oxygens (including phenoxy) is 1. The number of guanidine groups is 1. The van der Waals surface area contributed by atoms with E-state index >= 15 is 0 Å². The summed E-state index contributed by atoms with van der Waals surface area (Å²) >= 11 is 0. The predicted molar refractivity (Wildman–Crippen MR) is 110 cm³/mol. The Morgan fingerprint density at radius 2 is 1.81 bits per heavy atom. The van der Waals surface area contributed by atoms with E-state index in [4.69, 9.17) is 4.74 Å². The van der Waals surface area contributed by atoms with Crippen LogP contribution in [0.15, 0.2) is 4.99 Å². The van der Waals surface area contributed by atoms with Gasteiger partial charge in [-0.3, -0.25) is 4.99 Å². The van der Waals surface area contributed by atoms with Gasteiger partial charge in [0.1, 0.15) is 0 Å². The fourth-order valence-corrected chi connectivity index (χ4v) is 3.89. The Balaban J connectivity index is 1.52. The van der Waals surface area contributed by atoms with Crippen molar-refractivity contribution < 1.29 is 4.74 Å². The van der Waals surface area contributed by atoms with Crippen molar-refractivity contribution in [3.63, 3.8) is 0 Å². The summed E-state index contributed by atoms with van der Waals surface area (Å²) in [5, 5.41) is 3.54. The van der Waals surface area contributed by atoms with Crippen LogP contribution in [-0.4, -0.2) is 100 Å². The second-order valence-electron chi connectivity index (χ2n) is 7.72. The van der Waals surface area contributed by atoms with E-state index in [1.165, 1.54) is 71.4 Å². The first-order valence-electron chi connectivity index (χ1n) is 10.7. The summed E-state index contributed by atoms with van der Waals surface area (Å²) < 4.78 is 5.45. The minimum Gasteiger partial charge on any atom is -0.381 e. The second-order valence-corrected chi connectivity index (χ2v) is 7.72. The van der Waals surface area contributed by atoms with E-state index in [0.29, 0.717) is 0 Å². The minimum absolute atomic E-state index is 0.817. The Bertz CT molecular complexity index is 390. The maximum Gasteiger partial charge on any atom is 0.193 e. The molecule has 2 fully saturated rings. The van der Waals surface area contributed by atoms with Crippen LogP contribution >= 0.6 is 0 Å². The summed E-state index contributed by atoms with van der Waals surface area (Å²) in [5.41, 5.74) is 0. The fraction of sp³-hybridized carbons (Fsp3) is 0.950. The zero-order valence-corrected chi connectivity index (χ0v) is 17.4. The Hall–Kier alpha value is -0.850. The molecule has 6 heteroatoms. The van der Waals surface area contributed by atoms with Gasteiger partial charge in [-0.25, -0.2) is 0 Å². The van der Waals surface area contributed by atoms with E-state index in [-0.39, 0.29) is 0 Å². The number of nitrogens with zero attached hydrogens (tertiary/aromatic N) is 4. The van der Waals surface area contributed by atoms with Crippen molar-refractivity contribution in [2.75, 3.05) is 79.7 Å². The van der Waals surface area contributed by atoms with Gasteiger partial charge in [-0.1, -0.05) is 6.92 Å². The predicted octanol–water partition coefficient (Wildman–Crippen LogP) is 1.73. The van der Waals surface area contributed by atoms with E-state index in [1.807, 2.05) is 7.05 Å². The molecule has 0 spiro atoms. The number of hydrogen-bond donors (Lipinski definition) is 1. The van der Waals surface area contributed by atoms with Gasteiger partial charge in [0.25, 0.3) is 0 Å². The van der Waals surface area contributed by atoms with Gasteiger partial charge in [-0.2, -0.15) is 0 Å². The third-order valence-corrected chi connectivity index (χ3v) is 5.88. The van der Waals surface area contributed by atoms with Crippen molar-refractivity contribution in [3.8, 4) is 0 Å². The number of unbranched alkanes of at least 4 members (excludes halogenated alkanes) is 1. The van der Waals surface area contributed by atoms with Crippen LogP contribution in [0, 0.1) is 5.92 Å². The van der Waals surface area contributed by atoms with E-state index in [9.17, 15) is 0 Å². The van der Waals surface area contributed by atoms with Gasteiger partial charge < -0.3 is 24.8 Å². The standard InChI is InChI=1S/C20H41N5O/c1-4-24-13-15-25(16-14-24)11-6-5-10-22-20(21-2)23(3)12-7-19-8-17-26-18-9-19/h19H,4-18H2,1-3H3,(H,21,22). The number of aliphatic imine (C=N–C) groups is 1. The van der Waals surface area contributed by atoms with Crippen LogP contribution in [-0.2, 0) is 4.74 Å². The molecule has 0 atom stereocenters. The quantitative estimate of drug-likeness (QED) is 0.382. The van der Waals surface area contributed by atoms with Gasteiger partial charge in [-0.15, -0.1) is 0 Å². The highest BCUT2D eigenvalue weighted by Crippen LogP contribution is 2.18. The highest BCUT2D eigenvalue weighted by atomic mass is 16.5. The van der Waals surface area contributed by atoms with Crippen molar-refractivity contribution in [2.45, 2.75) is 39.0 Å². The summed E-state index contributed by atoms with van der Waals surface area (Å²) in [4.78, 5) is 11.9. The summed E-state index contributed by atoms with van der Waals surface area (Å²) in [6.07, 6.45) is 6.14. The number of likely N-dealkylation sites (N-methyl/N-ethyl adjacent to an activating group) is 1. The van der Waals surface area contributed by atoms with Crippen molar-refractivity contribution in [1.29, 1.82) is 0 Å². The molecule has 0 aliphatic carbocycles. The van der Waals surface area contributed by atoms with Gasteiger partial charge in [-0.05, 0) is 51.1 Å². The van der Waals surface area contributed by atoms with Crippen LogP contribution in [0.3, 0.4) is 0 Å². The van der Waals surface area contributed by atoms with E-state index < -0.39 is 0 Å². The molecule has 2 heterocycles. The molecule has 0 bridgehead atoms. The van der Waals surface area contributed by atoms with Crippen LogP contribution in [0.25, 0.3) is 0 Å².